The third-order valence-corrected chi connectivity index (χ3v) is 6.69. The molecule has 0 aliphatic heterocycles. The van der Waals surface area contributed by atoms with Crippen LogP contribution in [-0.4, -0.2) is 56.5 Å². The number of carbonyl (C=O) groups is 1. The molecule has 0 saturated heterocycles. The summed E-state index contributed by atoms with van der Waals surface area (Å²) in [7, 11) is 0. The number of nitrogens with zero attached hydrogens (tertiary/aromatic N) is 3. The van der Waals surface area contributed by atoms with E-state index >= 15 is 0 Å². The van der Waals surface area contributed by atoms with Crippen LogP contribution in [0, 0.1) is 24.5 Å². The Morgan fingerprint density at radius 3 is 2.46 bits per heavy atom. The number of carbonyl (C=O) groups excluding carboxylic acids is 1. The maximum atomic E-state index is 14.9. The fourth-order valence-electron chi connectivity index (χ4n) is 4.31. The van der Waals surface area contributed by atoms with Crippen molar-refractivity contribution in [3.63, 3.8) is 0 Å². The molecule has 1 amide bonds. The van der Waals surface area contributed by atoms with E-state index in [2.05, 4.69) is 20.6 Å². The van der Waals surface area contributed by atoms with E-state index in [1.54, 1.807) is 18.2 Å². The fourth-order valence-corrected chi connectivity index (χ4v) is 4.31. The number of anilines is 1. The smallest absolute Gasteiger partial charge is 0.256 e. The topological polar surface area (TPSA) is 129 Å². The maximum absolute atomic E-state index is 14.9. The lowest BCUT2D eigenvalue weighted by atomic mass is 9.99. The van der Waals surface area contributed by atoms with E-state index in [9.17, 15) is 28.6 Å². The van der Waals surface area contributed by atoms with E-state index in [4.69, 9.17) is 0 Å². The van der Waals surface area contributed by atoms with Crippen LogP contribution in [0.15, 0.2) is 53.3 Å². The lowest BCUT2D eigenvalue weighted by Gasteiger charge is -2.18. The number of hydrogen-bond donors (Lipinski definition) is 4. The Morgan fingerprint density at radius 1 is 1.08 bits per heavy atom. The Labute approximate surface area is 222 Å². The van der Waals surface area contributed by atoms with Crippen LogP contribution in [0.5, 0.6) is 0 Å². The van der Waals surface area contributed by atoms with E-state index in [1.807, 2.05) is 6.92 Å². The van der Waals surface area contributed by atoms with Gasteiger partial charge in [0.15, 0.2) is 5.65 Å². The molecule has 2 aromatic heterocycles. The van der Waals surface area contributed by atoms with Gasteiger partial charge in [0, 0.05) is 29.1 Å². The number of aryl methyl sites for hydroxylation is 1. The molecular weight excluding hydrogens is 508 g/mol. The van der Waals surface area contributed by atoms with Crippen molar-refractivity contribution >= 4 is 22.9 Å². The SMILES string of the molecule is Cc1ccc(C(=O)NCC2CC2)cc1-c1nc(NC(CO)CO)nc2c1ccc(=O)n2-c1c(F)cccc1F. The number of aliphatic hydroxyl groups excluding tert-OH is 2. The van der Waals surface area contributed by atoms with Crippen molar-refractivity contribution < 1.29 is 23.8 Å². The quantitative estimate of drug-likeness (QED) is 0.259. The van der Waals surface area contributed by atoms with Gasteiger partial charge in [0.1, 0.15) is 17.3 Å². The third kappa shape index (κ3) is 5.36. The van der Waals surface area contributed by atoms with Crippen LogP contribution in [-0.2, 0) is 0 Å². The van der Waals surface area contributed by atoms with Gasteiger partial charge >= 0.3 is 0 Å². The molecule has 0 unspecified atom stereocenters. The van der Waals surface area contributed by atoms with Crippen LogP contribution < -0.4 is 16.2 Å². The maximum Gasteiger partial charge on any atom is 0.256 e. The number of pyridine rings is 1. The summed E-state index contributed by atoms with van der Waals surface area (Å²) in [5, 5.41) is 25.2. The van der Waals surface area contributed by atoms with Gasteiger partial charge in [-0.3, -0.25) is 14.2 Å². The number of fused-ring (bicyclic) bond motifs is 1. The summed E-state index contributed by atoms with van der Waals surface area (Å²) >= 11 is 0. The molecule has 202 valence electrons. The predicted octanol–water partition coefficient (Wildman–Crippen LogP) is 2.94. The molecule has 1 aliphatic rings. The van der Waals surface area contributed by atoms with E-state index in [1.165, 1.54) is 18.2 Å². The molecule has 11 heteroatoms. The first kappa shape index (κ1) is 26.4. The fraction of sp³-hybridized carbons (Fsp3) is 0.286. The summed E-state index contributed by atoms with van der Waals surface area (Å²) < 4.78 is 30.5. The van der Waals surface area contributed by atoms with Crippen LogP contribution >= 0.6 is 0 Å². The molecule has 0 spiro atoms. The van der Waals surface area contributed by atoms with E-state index in [0.717, 1.165) is 35.1 Å². The molecule has 2 aromatic carbocycles. The summed E-state index contributed by atoms with van der Waals surface area (Å²) in [5.41, 5.74) is 0.536. The molecule has 1 aliphatic carbocycles. The minimum Gasteiger partial charge on any atom is -0.394 e. The van der Waals surface area contributed by atoms with Crippen LogP contribution in [0.1, 0.15) is 28.8 Å². The number of nitrogens with one attached hydrogen (secondary N) is 2. The van der Waals surface area contributed by atoms with Crippen LogP contribution in [0.2, 0.25) is 0 Å². The monoisotopic (exact) mass is 535 g/mol. The Bertz CT molecular complexity index is 1600. The Hall–Kier alpha value is -4.22. The highest BCUT2D eigenvalue weighted by atomic mass is 19.1. The number of benzene rings is 2. The zero-order valence-electron chi connectivity index (χ0n) is 21.1. The Balaban J connectivity index is 1.74. The molecule has 9 nitrogen and oxygen atoms in total. The van der Waals surface area contributed by atoms with Gasteiger partial charge in [0.2, 0.25) is 5.95 Å². The minimum atomic E-state index is -0.964. The van der Waals surface area contributed by atoms with Gasteiger partial charge in [0.05, 0.1) is 24.9 Å². The summed E-state index contributed by atoms with van der Waals surface area (Å²) in [6.07, 6.45) is 2.18. The van der Waals surface area contributed by atoms with E-state index in [-0.39, 0.29) is 23.2 Å². The molecular formula is C28H27F2N5O4. The lowest BCUT2D eigenvalue weighted by Crippen LogP contribution is -2.29. The number of halogens is 2. The Morgan fingerprint density at radius 2 is 1.79 bits per heavy atom. The van der Waals surface area contributed by atoms with E-state index < -0.39 is 42.1 Å². The second-order valence-corrected chi connectivity index (χ2v) is 9.60. The van der Waals surface area contributed by atoms with Crippen molar-refractivity contribution in [2.45, 2.75) is 25.8 Å². The minimum absolute atomic E-state index is 0.0929. The highest BCUT2D eigenvalue weighted by molar-refractivity contribution is 5.98. The van der Waals surface area contributed by atoms with Crippen molar-refractivity contribution in [2.75, 3.05) is 25.1 Å². The molecule has 4 aromatic rings. The average Bonchev–Trinajstić information content (AvgIpc) is 3.76. The summed E-state index contributed by atoms with van der Waals surface area (Å²) in [4.78, 5) is 34.8. The van der Waals surface area contributed by atoms with E-state index in [0.29, 0.717) is 29.0 Å². The molecule has 1 saturated carbocycles. The first-order chi connectivity index (χ1) is 18.8. The number of rotatable bonds is 9. The summed E-state index contributed by atoms with van der Waals surface area (Å²) in [6, 6.07) is 10.2. The molecule has 1 fully saturated rings. The average molecular weight is 536 g/mol. The Kier molecular flexibility index (Phi) is 7.36. The van der Waals surface area contributed by atoms with Crippen LogP contribution in [0.3, 0.4) is 0 Å². The second-order valence-electron chi connectivity index (χ2n) is 9.60. The number of amides is 1. The highest BCUT2D eigenvalue weighted by Gasteiger charge is 2.24. The van der Waals surface area contributed by atoms with Crippen molar-refractivity contribution in [2.24, 2.45) is 5.92 Å². The zero-order valence-corrected chi connectivity index (χ0v) is 21.1. The van der Waals surface area contributed by atoms with Gasteiger partial charge in [-0.15, -0.1) is 0 Å². The van der Waals surface area contributed by atoms with Crippen LogP contribution in [0.25, 0.3) is 28.0 Å². The van der Waals surface area contributed by atoms with Gasteiger partial charge in [0.25, 0.3) is 11.5 Å². The molecule has 5 rings (SSSR count). The lowest BCUT2D eigenvalue weighted by molar-refractivity contribution is 0.0952. The largest absolute Gasteiger partial charge is 0.394 e. The molecule has 2 heterocycles. The first-order valence-electron chi connectivity index (χ1n) is 12.6. The van der Waals surface area contributed by atoms with Crippen molar-refractivity contribution in [3.8, 4) is 16.9 Å². The van der Waals surface area contributed by atoms with Gasteiger partial charge in [-0.1, -0.05) is 12.1 Å². The number of aromatic nitrogens is 3. The molecule has 0 radical (unpaired) electrons. The first-order valence-corrected chi connectivity index (χ1v) is 12.6. The normalized spacial score (nSPS) is 13.2. The second kappa shape index (κ2) is 10.9. The number of aliphatic hydroxyl groups is 2. The van der Waals surface area contributed by atoms with Crippen molar-refractivity contribution in [1.29, 1.82) is 0 Å². The number of hydrogen-bond acceptors (Lipinski definition) is 7. The standard InChI is InChI=1S/C28H27F2N5O4/c1-15-5-8-17(27(39)31-12-16-6-7-16)11-20(15)24-19-9-10-23(38)35(25-21(29)3-2-4-22(25)30)26(19)34-28(33-24)32-18(13-36)14-37/h2-5,8-11,16,18,36-37H,6-7,12-14H2,1H3,(H,31,39)(H,32,33,34). The van der Waals surface area contributed by atoms with Crippen LogP contribution in [0.4, 0.5) is 14.7 Å². The molecule has 0 atom stereocenters. The van der Waals surface area contributed by atoms with Crippen molar-refractivity contribution in [1.82, 2.24) is 19.9 Å². The summed E-state index contributed by atoms with van der Waals surface area (Å²) in [6.45, 7) is 1.51. The van der Waals surface area contributed by atoms with Crippen molar-refractivity contribution in [3.05, 3.63) is 81.6 Å². The predicted molar refractivity (Wildman–Crippen MR) is 142 cm³/mol. The molecule has 0 bridgehead atoms. The molecule has 4 N–H and O–H groups in total. The van der Waals surface area contributed by atoms with Gasteiger partial charge in [-0.2, -0.15) is 4.98 Å². The third-order valence-electron chi connectivity index (χ3n) is 6.69. The van der Waals surface area contributed by atoms with Gasteiger partial charge in [-0.05, 0) is 61.6 Å². The highest BCUT2D eigenvalue weighted by Crippen LogP contribution is 2.32. The number of para-hydroxylation sites is 1. The van der Waals surface area contributed by atoms with Gasteiger partial charge in [-0.25, -0.2) is 13.8 Å². The molecule has 39 heavy (non-hydrogen) atoms. The summed E-state index contributed by atoms with van der Waals surface area (Å²) in [5.74, 6) is -1.77. The van der Waals surface area contributed by atoms with Gasteiger partial charge < -0.3 is 20.8 Å². The zero-order chi connectivity index (χ0) is 27.7.